The lowest BCUT2D eigenvalue weighted by Crippen LogP contribution is -3.14. The molecule has 0 aromatic heterocycles. The largest absolute Gasteiger partial charge is 0.329 e. The Morgan fingerprint density at radius 2 is 1.47 bits per heavy atom. The highest BCUT2D eigenvalue weighted by atomic mass is 16.1. The molecule has 1 saturated heterocycles. The summed E-state index contributed by atoms with van der Waals surface area (Å²) in [6.45, 7) is 7.90. The van der Waals surface area contributed by atoms with Crippen LogP contribution in [0.1, 0.15) is 52.4 Å². The summed E-state index contributed by atoms with van der Waals surface area (Å²) >= 11 is 0. The van der Waals surface area contributed by atoms with Gasteiger partial charge >= 0.3 is 0 Å². The van der Waals surface area contributed by atoms with E-state index in [-0.39, 0.29) is 0 Å². The van der Waals surface area contributed by atoms with E-state index in [1.54, 1.807) is 4.90 Å². The van der Waals surface area contributed by atoms with Crippen LogP contribution in [-0.2, 0) is 4.79 Å². The first-order valence-corrected chi connectivity index (χ1v) is 7.51. The molecule has 1 saturated carbocycles. The van der Waals surface area contributed by atoms with Gasteiger partial charge in [0.15, 0.2) is 5.78 Å². The van der Waals surface area contributed by atoms with Crippen molar-refractivity contribution in [3.8, 4) is 0 Å². The summed E-state index contributed by atoms with van der Waals surface area (Å²) in [6, 6.07) is 0. The van der Waals surface area contributed by atoms with Gasteiger partial charge in [-0.1, -0.05) is 26.7 Å². The van der Waals surface area contributed by atoms with E-state index in [0.29, 0.717) is 11.7 Å². The van der Waals surface area contributed by atoms with Gasteiger partial charge in [-0.05, 0) is 37.5 Å². The van der Waals surface area contributed by atoms with Crippen molar-refractivity contribution in [3.05, 3.63) is 0 Å². The van der Waals surface area contributed by atoms with E-state index in [4.69, 9.17) is 0 Å². The zero-order valence-corrected chi connectivity index (χ0v) is 11.5. The van der Waals surface area contributed by atoms with Crippen molar-refractivity contribution in [2.45, 2.75) is 52.4 Å². The summed E-state index contributed by atoms with van der Waals surface area (Å²) in [4.78, 5) is 13.8. The van der Waals surface area contributed by atoms with Crippen molar-refractivity contribution in [2.24, 2.45) is 17.8 Å². The Balaban J connectivity index is 1.73. The number of hydrogen-bond acceptors (Lipinski definition) is 1. The number of likely N-dealkylation sites (tertiary alicyclic amines) is 1. The van der Waals surface area contributed by atoms with Gasteiger partial charge in [0, 0.05) is 5.92 Å². The third kappa shape index (κ3) is 3.80. The summed E-state index contributed by atoms with van der Waals surface area (Å²) in [5.74, 6) is 2.69. The minimum Gasteiger partial charge on any atom is -0.329 e. The molecule has 0 spiro atoms. The Hall–Kier alpha value is -0.370. The predicted octanol–water partition coefficient (Wildman–Crippen LogP) is 1.70. The fourth-order valence-corrected chi connectivity index (χ4v) is 3.32. The molecular formula is C15H28NO+. The monoisotopic (exact) mass is 238 g/mol. The summed E-state index contributed by atoms with van der Waals surface area (Å²) in [5, 5.41) is 0. The average Bonchev–Trinajstić information content (AvgIpc) is 2.33. The van der Waals surface area contributed by atoms with E-state index < -0.39 is 0 Å². The highest BCUT2D eigenvalue weighted by Gasteiger charge is 2.28. The summed E-state index contributed by atoms with van der Waals surface area (Å²) < 4.78 is 0. The lowest BCUT2D eigenvalue weighted by atomic mass is 9.80. The molecule has 1 heterocycles. The maximum atomic E-state index is 12.2. The molecule has 0 radical (unpaired) electrons. The summed E-state index contributed by atoms with van der Waals surface area (Å²) in [7, 11) is 0. The maximum Gasteiger partial charge on any atom is 0.189 e. The van der Waals surface area contributed by atoms with E-state index in [1.807, 2.05) is 0 Å². The molecule has 2 heteroatoms. The highest BCUT2D eigenvalue weighted by molar-refractivity contribution is 5.81. The van der Waals surface area contributed by atoms with Crippen LogP contribution >= 0.6 is 0 Å². The first kappa shape index (κ1) is 13.1. The second-order valence-electron chi connectivity index (χ2n) is 6.53. The molecule has 98 valence electrons. The lowest BCUT2D eigenvalue weighted by Gasteiger charge is -2.29. The molecule has 2 fully saturated rings. The number of Topliss-reactive ketones (excluding diaryl/α,β-unsaturated/α-hetero) is 1. The van der Waals surface area contributed by atoms with Crippen LogP contribution in [0.5, 0.6) is 0 Å². The average molecular weight is 238 g/mol. The van der Waals surface area contributed by atoms with Crippen molar-refractivity contribution < 1.29 is 9.69 Å². The van der Waals surface area contributed by atoms with Gasteiger partial charge in [-0.25, -0.2) is 0 Å². The SMILES string of the molecule is CC1CCC(C(=O)C[NH+]2CCC(C)CC2)CC1. The van der Waals surface area contributed by atoms with Crippen LogP contribution in [0.3, 0.4) is 0 Å². The Labute approximate surface area is 106 Å². The smallest absolute Gasteiger partial charge is 0.189 e. The summed E-state index contributed by atoms with van der Waals surface area (Å²) in [6.07, 6.45) is 7.47. The molecule has 2 rings (SSSR count). The second-order valence-corrected chi connectivity index (χ2v) is 6.53. The molecule has 0 bridgehead atoms. The van der Waals surface area contributed by atoms with Gasteiger partial charge < -0.3 is 4.90 Å². The predicted molar refractivity (Wildman–Crippen MR) is 70.1 cm³/mol. The van der Waals surface area contributed by atoms with Gasteiger partial charge in [-0.15, -0.1) is 0 Å². The molecule has 0 aromatic rings. The molecule has 1 N–H and O–H groups in total. The first-order valence-electron chi connectivity index (χ1n) is 7.51. The number of hydrogen-bond donors (Lipinski definition) is 1. The Morgan fingerprint density at radius 3 is 2.06 bits per heavy atom. The highest BCUT2D eigenvalue weighted by Crippen LogP contribution is 2.28. The van der Waals surface area contributed by atoms with Crippen molar-refractivity contribution in [1.82, 2.24) is 0 Å². The van der Waals surface area contributed by atoms with Crippen molar-refractivity contribution in [1.29, 1.82) is 0 Å². The van der Waals surface area contributed by atoms with Gasteiger partial charge in [0.1, 0.15) is 6.54 Å². The van der Waals surface area contributed by atoms with Crippen molar-refractivity contribution in [3.63, 3.8) is 0 Å². The second kappa shape index (κ2) is 5.99. The normalized spacial score (nSPS) is 38.9. The molecule has 2 aliphatic rings. The zero-order chi connectivity index (χ0) is 12.3. The number of carbonyl (C=O) groups is 1. The first-order chi connectivity index (χ1) is 8.15. The topological polar surface area (TPSA) is 21.5 Å². The van der Waals surface area contributed by atoms with Gasteiger partial charge in [0.05, 0.1) is 13.1 Å². The van der Waals surface area contributed by atoms with Crippen LogP contribution in [0.15, 0.2) is 0 Å². The van der Waals surface area contributed by atoms with E-state index in [0.717, 1.165) is 31.2 Å². The molecule has 1 aliphatic heterocycles. The van der Waals surface area contributed by atoms with Crippen LogP contribution in [0.25, 0.3) is 0 Å². The van der Waals surface area contributed by atoms with Gasteiger partial charge in [0.25, 0.3) is 0 Å². The Morgan fingerprint density at radius 1 is 0.941 bits per heavy atom. The van der Waals surface area contributed by atoms with Crippen LogP contribution in [0, 0.1) is 17.8 Å². The fraction of sp³-hybridized carbons (Fsp3) is 0.933. The van der Waals surface area contributed by atoms with Gasteiger partial charge in [0.2, 0.25) is 0 Å². The summed E-state index contributed by atoms with van der Waals surface area (Å²) in [5.41, 5.74) is 0. The van der Waals surface area contributed by atoms with Gasteiger partial charge in [-0.3, -0.25) is 4.79 Å². The number of piperidine rings is 1. The standard InChI is InChI=1S/C15H27NO/c1-12-3-5-14(6-4-12)15(17)11-16-9-7-13(2)8-10-16/h12-14H,3-11H2,1-2H3/p+1. The van der Waals surface area contributed by atoms with E-state index in [9.17, 15) is 4.79 Å². The molecule has 2 nitrogen and oxygen atoms in total. The number of ketones is 1. The minimum absolute atomic E-state index is 0.401. The molecule has 17 heavy (non-hydrogen) atoms. The van der Waals surface area contributed by atoms with Crippen LogP contribution in [-0.4, -0.2) is 25.4 Å². The van der Waals surface area contributed by atoms with Gasteiger partial charge in [-0.2, -0.15) is 0 Å². The Bertz CT molecular complexity index is 248. The third-order valence-corrected chi connectivity index (χ3v) is 4.88. The van der Waals surface area contributed by atoms with Crippen LogP contribution < -0.4 is 4.90 Å². The molecule has 0 unspecified atom stereocenters. The van der Waals surface area contributed by atoms with E-state index >= 15 is 0 Å². The quantitative estimate of drug-likeness (QED) is 0.794. The molecule has 0 aromatic carbocycles. The molecule has 0 amide bonds. The molecular weight excluding hydrogens is 210 g/mol. The molecule has 0 atom stereocenters. The zero-order valence-electron chi connectivity index (χ0n) is 11.5. The minimum atomic E-state index is 0.401. The number of quaternary nitrogens is 1. The third-order valence-electron chi connectivity index (χ3n) is 4.88. The Kier molecular flexibility index (Phi) is 4.61. The van der Waals surface area contributed by atoms with E-state index in [2.05, 4.69) is 13.8 Å². The van der Waals surface area contributed by atoms with Crippen molar-refractivity contribution in [2.75, 3.05) is 19.6 Å². The lowest BCUT2D eigenvalue weighted by molar-refractivity contribution is -0.898. The van der Waals surface area contributed by atoms with E-state index in [1.165, 1.54) is 38.8 Å². The number of rotatable bonds is 3. The number of nitrogens with one attached hydrogen (secondary N) is 1. The van der Waals surface area contributed by atoms with Crippen LogP contribution in [0.2, 0.25) is 0 Å². The molecule has 1 aliphatic carbocycles. The van der Waals surface area contributed by atoms with Crippen molar-refractivity contribution >= 4 is 5.78 Å². The van der Waals surface area contributed by atoms with Crippen LogP contribution in [0.4, 0.5) is 0 Å². The number of carbonyl (C=O) groups excluding carboxylic acids is 1. The maximum absolute atomic E-state index is 12.2. The fourth-order valence-electron chi connectivity index (χ4n) is 3.32.